The third-order valence-corrected chi connectivity index (χ3v) is 61.3. The van der Waals surface area contributed by atoms with E-state index in [9.17, 15) is 9.59 Å². The van der Waals surface area contributed by atoms with Gasteiger partial charge in [0, 0.05) is 22.3 Å². The summed E-state index contributed by atoms with van der Waals surface area (Å²) in [5, 5.41) is 23.7. The van der Waals surface area contributed by atoms with Crippen molar-refractivity contribution in [3.8, 4) is 45.9 Å². The van der Waals surface area contributed by atoms with Crippen molar-refractivity contribution < 1.29 is 27.9 Å². The van der Waals surface area contributed by atoms with E-state index in [1.807, 2.05) is 0 Å². The molecule has 0 aliphatic carbocycles. The van der Waals surface area contributed by atoms with Gasteiger partial charge in [-0.1, -0.05) is 370 Å². The Bertz CT molecular complexity index is 6310. The Morgan fingerprint density at radius 3 is 0.583 bits per heavy atom. The van der Waals surface area contributed by atoms with Crippen LogP contribution in [0, 0.1) is 45.9 Å². The predicted molar refractivity (Wildman–Crippen MR) is 581 cm³/mol. The van der Waals surface area contributed by atoms with Crippen LogP contribution in [-0.4, -0.2) is 60.9 Å². The second-order valence-electron chi connectivity index (χ2n) is 42.9. The number of hydrogen-bond acceptors (Lipinski definition) is 6. The predicted octanol–water partition coefficient (Wildman–Crippen LogP) is 29.8. The SMILES string of the molecule is CC(C)[Si](C#Cc1c2cc3ccccc3cc2c(C#C[Si](c2ccc(CO[Si](C)(C)C(C)(C)C)cc2)(C(C)C)C(C)C)c2cc3ccccc3cc12)(c1ccc(COC(=O)CCC(=O)OCc2ccc([Si](C#Cc3c4cc5ccccc5cc4c(C#C[Si](c4ccc(CO[Si](C)(C)C(C)(C)C)cc4)(C(C)C)C(C)C)c4cc5ccccc5cc34)(C(C)C)C(C)C)cc2)cc1)C(C)C. The molecule has 0 bridgehead atoms. The van der Waals surface area contributed by atoms with Crippen LogP contribution >= 0.6 is 0 Å². The number of fused-ring (bicyclic) bond motifs is 8. The summed E-state index contributed by atoms with van der Waals surface area (Å²) in [6, 6.07) is 89.6. The summed E-state index contributed by atoms with van der Waals surface area (Å²) in [6.45, 7) is 62.3. The van der Waals surface area contributed by atoms with Crippen LogP contribution in [0.2, 0.25) is 80.6 Å². The summed E-state index contributed by atoms with van der Waals surface area (Å²) in [4.78, 5) is 27.2. The van der Waals surface area contributed by atoms with Crippen LogP contribution in [-0.2, 0) is 54.3 Å². The highest BCUT2D eigenvalue weighted by Gasteiger charge is 2.46. The van der Waals surface area contributed by atoms with Gasteiger partial charge in [0.1, 0.15) is 13.2 Å². The van der Waals surface area contributed by atoms with Crippen LogP contribution in [0.25, 0.3) is 86.2 Å². The molecule has 6 nitrogen and oxygen atoms in total. The van der Waals surface area contributed by atoms with Crippen molar-refractivity contribution in [3.05, 3.63) is 287 Å². The summed E-state index contributed by atoms with van der Waals surface area (Å²) < 4.78 is 25.3. The summed E-state index contributed by atoms with van der Waals surface area (Å²) >= 11 is 0. The van der Waals surface area contributed by atoms with E-state index in [4.69, 9.17) is 18.3 Å². The number of esters is 2. The van der Waals surface area contributed by atoms with Gasteiger partial charge in [-0.25, -0.2) is 0 Å². The molecule has 0 aliphatic heterocycles. The van der Waals surface area contributed by atoms with Gasteiger partial charge in [-0.05, 0) is 258 Å². The van der Waals surface area contributed by atoms with Gasteiger partial charge in [0.2, 0.25) is 0 Å². The second kappa shape index (κ2) is 39.2. The van der Waals surface area contributed by atoms with Crippen LogP contribution in [0.5, 0.6) is 0 Å². The van der Waals surface area contributed by atoms with Crippen molar-refractivity contribution in [1.82, 2.24) is 0 Å². The minimum Gasteiger partial charge on any atom is -0.461 e. The lowest BCUT2D eigenvalue weighted by atomic mass is 9.89. The highest BCUT2D eigenvalue weighted by Crippen LogP contribution is 2.45. The topological polar surface area (TPSA) is 71.1 Å². The molecule has 14 rings (SSSR count). The molecular weight excluding hydrogens is 1710 g/mol. The van der Waals surface area contributed by atoms with Gasteiger partial charge in [0.05, 0.1) is 26.1 Å². The summed E-state index contributed by atoms with van der Waals surface area (Å²) in [5.41, 5.74) is 27.5. The molecule has 678 valence electrons. The smallest absolute Gasteiger partial charge is 0.306 e. The van der Waals surface area contributed by atoms with Crippen molar-refractivity contribution in [1.29, 1.82) is 0 Å². The van der Waals surface area contributed by atoms with Gasteiger partial charge >= 0.3 is 11.9 Å². The lowest BCUT2D eigenvalue weighted by Gasteiger charge is -2.36. The molecule has 0 atom stereocenters. The Kier molecular flexibility index (Phi) is 29.0. The standard InChI is InChI=1S/C120H138O6Si6/c1-81(2)129(82(3)4,65-61-105-109-69-93-35-27-31-39-97(93)73-113(109)107(114-74-98-40-32-28-36-94(98)70-110(105)114)63-67-131(85(9)10,86(11)12)103-55-47-91(48-56-103)79-125-127(23,24)119(17,18)19)101-51-43-89(44-52-101)77-123-117(121)59-60-118(122)124-78-90-45-53-102(54-46-90)130(83(5)6,84(7)8)66-62-106-111-71-95-37-29-33-41-99(95)75-115(111)108(116-76-100-42-34-30-38-96(100)72-112(106)116)64-68-132(87(13)14,88(15)16)104-57-49-92(50-58-104)80-126-128(25,26)120(20,21)22/h27-58,69-76,81-88H,59-60,77-80H2,1-26H3. The number of carbonyl (C=O) groups is 2. The molecule has 12 heteroatoms. The van der Waals surface area contributed by atoms with E-state index in [0.29, 0.717) is 35.4 Å². The van der Waals surface area contributed by atoms with Gasteiger partial charge in [-0.2, -0.15) is 0 Å². The van der Waals surface area contributed by atoms with Crippen LogP contribution < -0.4 is 20.7 Å². The highest BCUT2D eigenvalue weighted by atomic mass is 28.4. The number of hydrogen-bond donors (Lipinski definition) is 0. The number of carbonyl (C=O) groups excluding carboxylic acids is 2. The van der Waals surface area contributed by atoms with Gasteiger partial charge < -0.3 is 18.3 Å². The van der Waals surface area contributed by atoms with E-state index in [1.165, 1.54) is 53.4 Å². The Morgan fingerprint density at radius 1 is 0.258 bits per heavy atom. The maximum Gasteiger partial charge on any atom is 0.306 e. The summed E-state index contributed by atoms with van der Waals surface area (Å²) in [5.74, 6) is 15.4. The molecule has 14 aromatic rings. The van der Waals surface area contributed by atoms with Crippen LogP contribution in [0.15, 0.2) is 243 Å². The molecule has 0 unspecified atom stereocenters. The Balaban J connectivity index is 0.700. The molecule has 0 N–H and O–H groups in total. The van der Waals surface area contributed by atoms with Crippen molar-refractivity contribution in [2.24, 2.45) is 0 Å². The van der Waals surface area contributed by atoms with Crippen LogP contribution in [0.3, 0.4) is 0 Å². The van der Waals surface area contributed by atoms with E-state index >= 15 is 0 Å². The van der Waals surface area contributed by atoms with E-state index < -0.39 is 60.9 Å². The van der Waals surface area contributed by atoms with Crippen molar-refractivity contribution >= 4 is 168 Å². The van der Waals surface area contributed by atoms with Gasteiger partial charge in [-0.15, -0.1) is 22.2 Å². The molecule has 0 aliphatic rings. The fourth-order valence-corrected chi connectivity index (χ4v) is 40.0. The first kappa shape index (κ1) is 97.6. The quantitative estimate of drug-likeness (QED) is 0.0246. The molecular formula is C120H138O6Si6. The second-order valence-corrected chi connectivity index (χ2v) is 72.0. The monoisotopic (exact) mass is 1840 g/mol. The number of benzene rings is 14. The molecule has 0 heterocycles. The first-order valence-corrected chi connectivity index (χ1v) is 62.7. The van der Waals surface area contributed by atoms with Crippen LogP contribution in [0.4, 0.5) is 0 Å². The minimum atomic E-state index is -2.71. The summed E-state index contributed by atoms with van der Waals surface area (Å²) in [6.07, 6.45) is -0.200. The average Bonchev–Trinajstić information content (AvgIpc) is 0.728. The molecule has 0 spiro atoms. The van der Waals surface area contributed by atoms with Crippen molar-refractivity contribution in [2.45, 2.75) is 272 Å². The van der Waals surface area contributed by atoms with E-state index in [0.717, 1.165) is 98.0 Å². The fraction of sp³-hybridized carbons (Fsp3) is 0.350. The van der Waals surface area contributed by atoms with E-state index in [1.54, 1.807) is 0 Å². The lowest BCUT2D eigenvalue weighted by Crippen LogP contribution is -2.52. The third-order valence-electron chi connectivity index (χ3n) is 30.4. The maximum absolute atomic E-state index is 13.6. The lowest BCUT2D eigenvalue weighted by molar-refractivity contribution is -0.151. The molecule has 0 saturated carbocycles. The van der Waals surface area contributed by atoms with Crippen molar-refractivity contribution in [3.63, 3.8) is 0 Å². The normalized spacial score (nSPS) is 12.8. The number of ether oxygens (including phenoxy) is 2. The van der Waals surface area contributed by atoms with Gasteiger partial charge in [-0.3, -0.25) is 9.59 Å². The Hall–Kier alpha value is -10.4. The zero-order valence-electron chi connectivity index (χ0n) is 83.4. The van der Waals surface area contributed by atoms with Crippen molar-refractivity contribution in [2.75, 3.05) is 0 Å². The highest BCUT2D eigenvalue weighted by molar-refractivity contribution is 7.02. The van der Waals surface area contributed by atoms with E-state index in [-0.39, 0.29) is 58.3 Å². The first-order chi connectivity index (χ1) is 62.5. The summed E-state index contributed by atoms with van der Waals surface area (Å²) in [7, 11) is -14.4. The van der Waals surface area contributed by atoms with Gasteiger partial charge in [0.15, 0.2) is 48.9 Å². The third kappa shape index (κ3) is 19.4. The zero-order chi connectivity index (χ0) is 95.0. The van der Waals surface area contributed by atoms with Gasteiger partial charge in [0.25, 0.3) is 0 Å². The molecule has 0 radical (unpaired) electrons. The maximum atomic E-state index is 13.6. The fourth-order valence-electron chi connectivity index (χ4n) is 20.3. The molecule has 14 aromatic carbocycles. The molecule has 0 aromatic heterocycles. The molecule has 0 fully saturated rings. The minimum absolute atomic E-state index is 0.0757. The average molecular weight is 1840 g/mol. The first-order valence-electron chi connectivity index (χ1n) is 48.3. The molecule has 0 amide bonds. The number of rotatable bonds is 25. The Morgan fingerprint density at radius 2 is 0.424 bits per heavy atom. The van der Waals surface area contributed by atoms with Crippen LogP contribution in [0.1, 0.15) is 210 Å². The molecule has 0 saturated heterocycles. The largest absolute Gasteiger partial charge is 0.461 e. The zero-order valence-corrected chi connectivity index (χ0v) is 89.4. The van der Waals surface area contributed by atoms with E-state index in [2.05, 4.69) is 467 Å². The Labute approximate surface area is 794 Å². The molecule has 132 heavy (non-hydrogen) atoms.